The normalized spacial score (nSPS) is 14.6. The Labute approximate surface area is 226 Å². The van der Waals surface area contributed by atoms with Crippen molar-refractivity contribution < 1.29 is 22.4 Å². The molecular weight excluding hydrogens is 528 g/mol. The number of hydrogen-bond donors (Lipinski definition) is 2. The van der Waals surface area contributed by atoms with Crippen molar-refractivity contribution in [2.24, 2.45) is 5.10 Å². The second-order valence-corrected chi connectivity index (χ2v) is 11.4. The van der Waals surface area contributed by atoms with E-state index in [1.807, 2.05) is 0 Å². The Hall–Kier alpha value is -3.47. The summed E-state index contributed by atoms with van der Waals surface area (Å²) >= 11 is 5.98. The molecule has 0 unspecified atom stereocenters. The maximum atomic E-state index is 13.4. The molecule has 2 amide bonds. The van der Waals surface area contributed by atoms with Gasteiger partial charge >= 0.3 is 11.8 Å². The van der Waals surface area contributed by atoms with E-state index in [1.165, 1.54) is 22.7 Å². The fourth-order valence-electron chi connectivity index (χ4n) is 4.19. The SMILES string of the molecule is O=C(N/N=C/c1ccc(CN(Cc2ccc(Cl)cc2)S(=O)(=O)c2ccccc2)o1)C(=O)NC1CCCCC1. The predicted molar refractivity (Wildman–Crippen MR) is 144 cm³/mol. The zero-order valence-electron chi connectivity index (χ0n) is 20.7. The third-order valence-electron chi connectivity index (χ3n) is 6.17. The van der Waals surface area contributed by atoms with Crippen molar-refractivity contribution in [3.63, 3.8) is 0 Å². The molecule has 1 aromatic heterocycles. The fourth-order valence-corrected chi connectivity index (χ4v) is 5.73. The molecule has 0 bridgehead atoms. The van der Waals surface area contributed by atoms with Gasteiger partial charge in [0.05, 0.1) is 17.7 Å². The lowest BCUT2D eigenvalue weighted by Crippen LogP contribution is -2.44. The molecule has 2 aromatic carbocycles. The average Bonchev–Trinajstić information content (AvgIpc) is 3.37. The van der Waals surface area contributed by atoms with Crippen molar-refractivity contribution in [3.05, 3.63) is 88.8 Å². The number of nitrogens with one attached hydrogen (secondary N) is 2. The van der Waals surface area contributed by atoms with Gasteiger partial charge in [0.15, 0.2) is 0 Å². The summed E-state index contributed by atoms with van der Waals surface area (Å²) in [5, 5.41) is 7.08. The van der Waals surface area contributed by atoms with Gasteiger partial charge in [-0.05, 0) is 54.8 Å². The van der Waals surface area contributed by atoms with Gasteiger partial charge < -0.3 is 9.73 Å². The minimum atomic E-state index is -3.84. The van der Waals surface area contributed by atoms with Crippen molar-refractivity contribution in [1.29, 1.82) is 0 Å². The van der Waals surface area contributed by atoms with Crippen LogP contribution in [0.5, 0.6) is 0 Å². The van der Waals surface area contributed by atoms with Crippen LogP contribution in [0.1, 0.15) is 49.2 Å². The summed E-state index contributed by atoms with van der Waals surface area (Å²) in [5.74, 6) is -0.919. The first-order valence-corrected chi connectivity index (χ1v) is 14.2. The number of halogens is 1. The van der Waals surface area contributed by atoms with E-state index < -0.39 is 21.8 Å². The van der Waals surface area contributed by atoms with Crippen LogP contribution >= 0.6 is 11.6 Å². The van der Waals surface area contributed by atoms with Crippen LogP contribution in [0, 0.1) is 0 Å². The largest absolute Gasteiger partial charge is 0.459 e. The summed E-state index contributed by atoms with van der Waals surface area (Å²) in [7, 11) is -3.84. The lowest BCUT2D eigenvalue weighted by atomic mass is 9.95. The predicted octanol–water partition coefficient (Wildman–Crippen LogP) is 4.22. The van der Waals surface area contributed by atoms with Gasteiger partial charge in [-0.1, -0.05) is 61.2 Å². The number of rotatable bonds is 9. The van der Waals surface area contributed by atoms with E-state index in [2.05, 4.69) is 15.8 Å². The van der Waals surface area contributed by atoms with Crippen LogP contribution in [-0.2, 0) is 32.7 Å². The van der Waals surface area contributed by atoms with E-state index in [0.29, 0.717) is 10.8 Å². The number of carbonyl (C=O) groups excluding carboxylic acids is 2. The quantitative estimate of drug-likeness (QED) is 0.232. The summed E-state index contributed by atoms with van der Waals surface area (Å²) in [6, 6.07) is 18.3. The monoisotopic (exact) mass is 556 g/mol. The van der Waals surface area contributed by atoms with Gasteiger partial charge in [-0.3, -0.25) is 9.59 Å². The molecule has 3 aromatic rings. The topological polar surface area (TPSA) is 121 Å². The molecule has 0 atom stereocenters. The molecule has 2 N–H and O–H groups in total. The molecule has 38 heavy (non-hydrogen) atoms. The zero-order valence-corrected chi connectivity index (χ0v) is 22.2. The average molecular weight is 557 g/mol. The molecule has 0 saturated heterocycles. The third-order valence-corrected chi connectivity index (χ3v) is 8.23. The first-order valence-electron chi connectivity index (χ1n) is 12.3. The highest BCUT2D eigenvalue weighted by Gasteiger charge is 2.26. The number of benzene rings is 2. The lowest BCUT2D eigenvalue weighted by molar-refractivity contribution is -0.139. The van der Waals surface area contributed by atoms with Crippen LogP contribution in [0.15, 0.2) is 81.1 Å². The van der Waals surface area contributed by atoms with E-state index in [4.69, 9.17) is 16.0 Å². The second kappa shape index (κ2) is 12.9. The van der Waals surface area contributed by atoms with E-state index >= 15 is 0 Å². The van der Waals surface area contributed by atoms with Crippen LogP contribution in [-0.4, -0.2) is 36.8 Å². The molecule has 0 radical (unpaired) electrons. The summed E-state index contributed by atoms with van der Waals surface area (Å²) in [5.41, 5.74) is 2.96. The molecule has 1 aliphatic rings. The number of furan rings is 1. The van der Waals surface area contributed by atoms with Crippen LogP contribution in [0.3, 0.4) is 0 Å². The standard InChI is InChI=1S/C27H29ClN4O5S/c28-21-13-11-20(12-14-21)18-32(38(35,36)25-9-5-2-6-10-25)19-24-16-15-23(37-24)17-29-31-27(34)26(33)30-22-7-3-1-4-8-22/h2,5-6,9-17,22H,1,3-4,7-8,18-19H2,(H,30,33)(H,31,34)/b29-17+. The third kappa shape index (κ3) is 7.53. The smallest absolute Gasteiger partial charge is 0.329 e. The van der Waals surface area contributed by atoms with Gasteiger partial charge in [-0.15, -0.1) is 0 Å². The minimum absolute atomic E-state index is 0.0154. The summed E-state index contributed by atoms with van der Waals surface area (Å²) in [4.78, 5) is 24.3. The van der Waals surface area contributed by atoms with Crippen molar-refractivity contribution in [2.75, 3.05) is 0 Å². The molecule has 1 saturated carbocycles. The van der Waals surface area contributed by atoms with Crippen LogP contribution in [0.4, 0.5) is 0 Å². The van der Waals surface area contributed by atoms with Gasteiger partial charge in [-0.2, -0.15) is 9.41 Å². The second-order valence-electron chi connectivity index (χ2n) is 9.02. The molecule has 0 spiro atoms. The van der Waals surface area contributed by atoms with Gasteiger partial charge in [-0.25, -0.2) is 13.8 Å². The molecule has 0 aliphatic heterocycles. The van der Waals surface area contributed by atoms with Gasteiger partial charge in [0.1, 0.15) is 11.5 Å². The number of hydrazone groups is 1. The van der Waals surface area contributed by atoms with Crippen LogP contribution < -0.4 is 10.7 Å². The maximum Gasteiger partial charge on any atom is 0.329 e. The highest BCUT2D eigenvalue weighted by Crippen LogP contribution is 2.23. The molecular formula is C27H29ClN4O5S. The van der Waals surface area contributed by atoms with Crippen molar-refractivity contribution in [1.82, 2.24) is 15.0 Å². The van der Waals surface area contributed by atoms with Gasteiger partial charge in [0.25, 0.3) is 0 Å². The Kier molecular flexibility index (Phi) is 9.33. The molecule has 9 nitrogen and oxygen atoms in total. The number of amides is 2. The van der Waals surface area contributed by atoms with Crippen molar-refractivity contribution in [2.45, 2.75) is 56.1 Å². The van der Waals surface area contributed by atoms with Crippen LogP contribution in [0.2, 0.25) is 5.02 Å². The Morgan fingerprint density at radius 3 is 2.37 bits per heavy atom. The summed E-state index contributed by atoms with van der Waals surface area (Å²) in [6.45, 7) is 0.0640. The van der Waals surface area contributed by atoms with Gasteiger partial charge in [0, 0.05) is 17.6 Å². The Balaban J connectivity index is 1.41. The fraction of sp³-hybridized carbons (Fsp3) is 0.296. The highest BCUT2D eigenvalue weighted by atomic mass is 35.5. The van der Waals surface area contributed by atoms with E-state index in [1.54, 1.807) is 54.6 Å². The van der Waals surface area contributed by atoms with E-state index in [-0.39, 0.29) is 29.8 Å². The van der Waals surface area contributed by atoms with Crippen molar-refractivity contribution >= 4 is 39.7 Å². The Bertz CT molecular complexity index is 1370. The van der Waals surface area contributed by atoms with Gasteiger partial charge in [0.2, 0.25) is 10.0 Å². The Morgan fingerprint density at radius 1 is 0.947 bits per heavy atom. The molecule has 200 valence electrons. The molecule has 11 heteroatoms. The molecule has 1 fully saturated rings. The first-order chi connectivity index (χ1) is 18.3. The molecule has 1 aliphatic carbocycles. The first kappa shape index (κ1) is 27.6. The van der Waals surface area contributed by atoms with Crippen molar-refractivity contribution in [3.8, 4) is 0 Å². The number of nitrogens with zero attached hydrogens (tertiary/aromatic N) is 2. The van der Waals surface area contributed by atoms with Crippen LogP contribution in [0.25, 0.3) is 0 Å². The Morgan fingerprint density at radius 2 is 1.66 bits per heavy atom. The molecule has 1 heterocycles. The lowest BCUT2D eigenvalue weighted by Gasteiger charge is -2.22. The minimum Gasteiger partial charge on any atom is -0.459 e. The highest BCUT2D eigenvalue weighted by molar-refractivity contribution is 7.89. The molecule has 4 rings (SSSR count). The van der Waals surface area contributed by atoms with E-state index in [0.717, 1.165) is 37.7 Å². The zero-order chi connectivity index (χ0) is 27.0. The number of hydrogen-bond acceptors (Lipinski definition) is 6. The number of sulfonamides is 1. The van der Waals surface area contributed by atoms with E-state index in [9.17, 15) is 18.0 Å². The summed E-state index contributed by atoms with van der Waals surface area (Å²) in [6.07, 6.45) is 6.21. The summed E-state index contributed by atoms with van der Waals surface area (Å²) < 4.78 is 33.9. The maximum absolute atomic E-state index is 13.4. The number of carbonyl (C=O) groups is 2.